The minimum Gasteiger partial charge on any atom is -0.370 e. The first-order valence-corrected chi connectivity index (χ1v) is 6.93. The molecule has 0 aromatic heterocycles. The lowest BCUT2D eigenvalue weighted by molar-refractivity contribution is -0.133. The van der Waals surface area contributed by atoms with Crippen molar-refractivity contribution < 1.29 is 4.79 Å². The van der Waals surface area contributed by atoms with Crippen LogP contribution in [-0.4, -0.2) is 43.4 Å². The molecule has 1 saturated carbocycles. The molecule has 5 heteroatoms. The van der Waals surface area contributed by atoms with Gasteiger partial charge in [0.05, 0.1) is 0 Å². The van der Waals surface area contributed by atoms with E-state index in [0.29, 0.717) is 24.8 Å². The van der Waals surface area contributed by atoms with E-state index < -0.39 is 0 Å². The van der Waals surface area contributed by atoms with Gasteiger partial charge < -0.3 is 16.0 Å². The van der Waals surface area contributed by atoms with Crippen molar-refractivity contribution in [3.8, 4) is 0 Å². The zero-order valence-corrected chi connectivity index (χ0v) is 11.2. The molecule has 102 valence electrons. The Balaban J connectivity index is 1.67. The van der Waals surface area contributed by atoms with E-state index >= 15 is 0 Å². The van der Waals surface area contributed by atoms with Gasteiger partial charge in [0.15, 0.2) is 5.96 Å². The number of nitrogens with one attached hydrogen (secondary N) is 1. The summed E-state index contributed by atoms with van der Waals surface area (Å²) in [5.74, 6) is 1.90. The van der Waals surface area contributed by atoms with E-state index in [4.69, 9.17) is 5.73 Å². The van der Waals surface area contributed by atoms with E-state index in [1.54, 1.807) is 4.90 Å². The zero-order chi connectivity index (χ0) is 13.0. The predicted molar refractivity (Wildman–Crippen MR) is 72.2 cm³/mol. The number of hydrogen-bond acceptors (Lipinski definition) is 2. The van der Waals surface area contributed by atoms with Gasteiger partial charge in [-0.2, -0.15) is 0 Å². The summed E-state index contributed by atoms with van der Waals surface area (Å²) in [5, 5.41) is 3.18. The molecule has 0 bridgehead atoms. The Bertz CT molecular complexity index is 325. The molecule has 1 aliphatic heterocycles. The van der Waals surface area contributed by atoms with Gasteiger partial charge in [-0.15, -0.1) is 0 Å². The standard InChI is InChI=1S/C13H24N4O/c1-17-6-5-11(7-12(17)18)9-16-13(14)15-8-10-3-2-4-10/h10-11H,2-9H2,1H3,(H3,14,15,16). The van der Waals surface area contributed by atoms with E-state index in [2.05, 4.69) is 10.3 Å². The fourth-order valence-electron chi connectivity index (χ4n) is 2.39. The number of nitrogens with zero attached hydrogens (tertiary/aromatic N) is 2. The number of rotatable bonds is 4. The van der Waals surface area contributed by atoms with Crippen molar-refractivity contribution in [3.05, 3.63) is 0 Å². The predicted octanol–water partition coefficient (Wildman–Crippen LogP) is 0.559. The number of piperidine rings is 1. The zero-order valence-electron chi connectivity index (χ0n) is 11.2. The van der Waals surface area contributed by atoms with Gasteiger partial charge >= 0.3 is 0 Å². The molecule has 0 aromatic carbocycles. The molecule has 0 aromatic rings. The first-order chi connectivity index (χ1) is 8.65. The van der Waals surface area contributed by atoms with Gasteiger partial charge in [-0.25, -0.2) is 0 Å². The summed E-state index contributed by atoms with van der Waals surface area (Å²) < 4.78 is 0. The van der Waals surface area contributed by atoms with E-state index in [1.165, 1.54) is 19.3 Å². The van der Waals surface area contributed by atoms with Crippen LogP contribution in [0, 0.1) is 11.8 Å². The highest BCUT2D eigenvalue weighted by Crippen LogP contribution is 2.25. The van der Waals surface area contributed by atoms with Crippen LogP contribution in [0.15, 0.2) is 4.99 Å². The second-order valence-corrected chi connectivity index (χ2v) is 5.58. The van der Waals surface area contributed by atoms with Crippen molar-refractivity contribution in [2.24, 2.45) is 22.6 Å². The van der Waals surface area contributed by atoms with Crippen LogP contribution >= 0.6 is 0 Å². The molecule has 3 N–H and O–H groups in total. The highest BCUT2D eigenvalue weighted by atomic mass is 16.2. The average molecular weight is 252 g/mol. The van der Waals surface area contributed by atoms with Crippen LogP contribution in [0.3, 0.4) is 0 Å². The van der Waals surface area contributed by atoms with Gasteiger partial charge in [0.2, 0.25) is 5.91 Å². The van der Waals surface area contributed by atoms with E-state index in [-0.39, 0.29) is 5.91 Å². The summed E-state index contributed by atoms with van der Waals surface area (Å²) in [6.45, 7) is 2.46. The fraction of sp³-hybridized carbons (Fsp3) is 0.846. The van der Waals surface area contributed by atoms with Crippen molar-refractivity contribution in [2.45, 2.75) is 32.1 Å². The Morgan fingerprint density at radius 3 is 2.83 bits per heavy atom. The smallest absolute Gasteiger partial charge is 0.222 e. The second-order valence-electron chi connectivity index (χ2n) is 5.58. The minimum absolute atomic E-state index is 0.224. The van der Waals surface area contributed by atoms with Gasteiger partial charge in [-0.3, -0.25) is 9.79 Å². The highest BCUT2D eigenvalue weighted by Gasteiger charge is 2.23. The molecule has 1 saturated heterocycles. The molecule has 1 heterocycles. The molecule has 1 aliphatic carbocycles. The Morgan fingerprint density at radius 2 is 2.22 bits per heavy atom. The fourth-order valence-corrected chi connectivity index (χ4v) is 2.39. The number of nitrogens with two attached hydrogens (primary N) is 1. The van der Waals surface area contributed by atoms with Crippen molar-refractivity contribution in [1.29, 1.82) is 0 Å². The Kier molecular flexibility index (Phi) is 4.44. The lowest BCUT2D eigenvalue weighted by atomic mass is 9.85. The van der Waals surface area contributed by atoms with Crippen LogP contribution in [0.1, 0.15) is 32.1 Å². The van der Waals surface area contributed by atoms with Crippen LogP contribution in [-0.2, 0) is 4.79 Å². The summed E-state index contributed by atoms with van der Waals surface area (Å²) in [4.78, 5) is 17.7. The van der Waals surface area contributed by atoms with Crippen LogP contribution in [0.25, 0.3) is 0 Å². The molecule has 2 aliphatic rings. The first kappa shape index (κ1) is 13.2. The molecule has 0 spiro atoms. The van der Waals surface area contributed by atoms with E-state index in [1.807, 2.05) is 7.05 Å². The quantitative estimate of drug-likeness (QED) is 0.567. The Labute approximate surface area is 109 Å². The van der Waals surface area contributed by atoms with Crippen molar-refractivity contribution in [3.63, 3.8) is 0 Å². The molecule has 2 fully saturated rings. The minimum atomic E-state index is 0.224. The average Bonchev–Trinajstić information content (AvgIpc) is 2.29. The van der Waals surface area contributed by atoms with Gasteiger partial charge in [0.25, 0.3) is 0 Å². The maximum atomic E-state index is 11.5. The Hall–Kier alpha value is -1.26. The number of carbonyl (C=O) groups is 1. The molecule has 18 heavy (non-hydrogen) atoms. The highest BCUT2D eigenvalue weighted by molar-refractivity contribution is 5.78. The maximum Gasteiger partial charge on any atom is 0.222 e. The second kappa shape index (κ2) is 6.07. The molecule has 2 rings (SSSR count). The number of aliphatic imine (C=N–C) groups is 1. The van der Waals surface area contributed by atoms with E-state index in [0.717, 1.165) is 25.4 Å². The monoisotopic (exact) mass is 252 g/mol. The normalized spacial score (nSPS) is 26.1. The van der Waals surface area contributed by atoms with Gasteiger partial charge in [-0.05, 0) is 31.1 Å². The number of likely N-dealkylation sites (tertiary alicyclic amines) is 1. The summed E-state index contributed by atoms with van der Waals surface area (Å²) in [6, 6.07) is 0. The summed E-state index contributed by atoms with van der Waals surface area (Å²) >= 11 is 0. The summed E-state index contributed by atoms with van der Waals surface area (Å²) in [7, 11) is 1.86. The molecule has 0 radical (unpaired) electrons. The van der Waals surface area contributed by atoms with E-state index in [9.17, 15) is 4.79 Å². The van der Waals surface area contributed by atoms with Crippen molar-refractivity contribution in [1.82, 2.24) is 10.2 Å². The third-order valence-electron chi connectivity index (χ3n) is 4.08. The molecule has 1 amide bonds. The SMILES string of the molecule is CN1CCC(CN=C(N)NCC2CCC2)CC1=O. The number of hydrogen-bond donors (Lipinski definition) is 2. The first-order valence-electron chi connectivity index (χ1n) is 6.93. The molecular weight excluding hydrogens is 228 g/mol. The van der Waals surface area contributed by atoms with Crippen LogP contribution in [0.2, 0.25) is 0 Å². The summed E-state index contributed by atoms with van der Waals surface area (Å²) in [6.07, 6.45) is 5.60. The summed E-state index contributed by atoms with van der Waals surface area (Å²) in [5.41, 5.74) is 5.82. The third-order valence-corrected chi connectivity index (χ3v) is 4.08. The van der Waals surface area contributed by atoms with Gasteiger partial charge in [-0.1, -0.05) is 6.42 Å². The maximum absolute atomic E-state index is 11.5. The van der Waals surface area contributed by atoms with Crippen molar-refractivity contribution >= 4 is 11.9 Å². The van der Waals surface area contributed by atoms with Crippen LogP contribution in [0.4, 0.5) is 0 Å². The van der Waals surface area contributed by atoms with Gasteiger partial charge in [0.1, 0.15) is 0 Å². The molecular formula is C13H24N4O. The Morgan fingerprint density at radius 1 is 1.44 bits per heavy atom. The molecule has 1 atom stereocenters. The number of carbonyl (C=O) groups excluding carboxylic acids is 1. The van der Waals surface area contributed by atoms with Gasteiger partial charge in [0, 0.05) is 33.1 Å². The molecule has 5 nitrogen and oxygen atoms in total. The third kappa shape index (κ3) is 3.62. The van der Waals surface area contributed by atoms with Crippen LogP contribution in [0.5, 0.6) is 0 Å². The number of guanidine groups is 1. The lowest BCUT2D eigenvalue weighted by Crippen LogP contribution is -2.39. The lowest BCUT2D eigenvalue weighted by Gasteiger charge is -2.28. The van der Waals surface area contributed by atoms with Crippen LogP contribution < -0.4 is 11.1 Å². The van der Waals surface area contributed by atoms with Crippen molar-refractivity contribution in [2.75, 3.05) is 26.7 Å². The largest absolute Gasteiger partial charge is 0.370 e. The number of amides is 1. The topological polar surface area (TPSA) is 70.7 Å². The molecule has 1 unspecified atom stereocenters.